The lowest BCUT2D eigenvalue weighted by Crippen LogP contribution is -2.27. The first-order valence-electron chi connectivity index (χ1n) is 7.61. The van der Waals surface area contributed by atoms with Crippen LogP contribution in [-0.2, 0) is 4.79 Å². The van der Waals surface area contributed by atoms with Gasteiger partial charge >= 0.3 is 0 Å². The molecule has 3 nitrogen and oxygen atoms in total. The molecule has 0 unspecified atom stereocenters. The number of rotatable bonds is 5. The van der Waals surface area contributed by atoms with E-state index in [1.165, 1.54) is 32.1 Å². The fourth-order valence-electron chi connectivity index (χ4n) is 2.91. The molecule has 1 saturated carbocycles. The summed E-state index contributed by atoms with van der Waals surface area (Å²) in [5.74, 6) is 1.76. The highest BCUT2D eigenvalue weighted by Crippen LogP contribution is 2.32. The molecule has 0 bridgehead atoms. The molecule has 1 fully saturated rings. The topological polar surface area (TPSA) is 42.0 Å². The normalized spacial score (nSPS) is 22.5. The number of halogens is 1. The molecule has 1 amide bonds. The van der Waals surface area contributed by atoms with E-state index in [0.29, 0.717) is 5.82 Å². The van der Waals surface area contributed by atoms with Gasteiger partial charge in [-0.1, -0.05) is 42.1 Å². The Morgan fingerprint density at radius 2 is 2.15 bits per heavy atom. The van der Waals surface area contributed by atoms with Crippen molar-refractivity contribution in [2.45, 2.75) is 51.9 Å². The number of hydrogen-bond acceptors (Lipinski definition) is 2. The SMILES string of the molecule is CCCCC1CCC(C(=O)Nc2cc(Br)ccn2)CC1. The third-order valence-electron chi connectivity index (χ3n) is 4.16. The molecule has 1 aliphatic carbocycles. The van der Waals surface area contributed by atoms with Crippen molar-refractivity contribution < 1.29 is 4.79 Å². The van der Waals surface area contributed by atoms with Crippen LogP contribution < -0.4 is 5.32 Å². The number of hydrogen-bond donors (Lipinski definition) is 1. The molecule has 0 spiro atoms. The van der Waals surface area contributed by atoms with Crippen molar-refractivity contribution in [3.63, 3.8) is 0 Å². The van der Waals surface area contributed by atoms with Crippen LogP contribution in [0.3, 0.4) is 0 Å². The predicted octanol–water partition coefficient (Wildman–Crippen LogP) is 4.78. The summed E-state index contributed by atoms with van der Waals surface area (Å²) in [6.07, 6.45) is 10.1. The lowest BCUT2D eigenvalue weighted by molar-refractivity contribution is -0.121. The molecule has 1 aliphatic rings. The second-order valence-electron chi connectivity index (χ2n) is 5.71. The Hall–Kier alpha value is -0.900. The van der Waals surface area contributed by atoms with E-state index in [0.717, 1.165) is 23.2 Å². The molecular weight excluding hydrogens is 316 g/mol. The van der Waals surface area contributed by atoms with Crippen LogP contribution in [0.4, 0.5) is 5.82 Å². The number of anilines is 1. The smallest absolute Gasteiger partial charge is 0.228 e. The van der Waals surface area contributed by atoms with Crippen LogP contribution in [0, 0.1) is 11.8 Å². The van der Waals surface area contributed by atoms with Gasteiger partial charge in [0.15, 0.2) is 0 Å². The van der Waals surface area contributed by atoms with Gasteiger partial charge in [0.1, 0.15) is 5.82 Å². The molecule has 1 N–H and O–H groups in total. The number of unbranched alkanes of at least 4 members (excludes halogenated alkanes) is 1. The van der Waals surface area contributed by atoms with E-state index in [4.69, 9.17) is 0 Å². The molecule has 2 rings (SSSR count). The first-order valence-corrected chi connectivity index (χ1v) is 8.40. The second-order valence-corrected chi connectivity index (χ2v) is 6.62. The summed E-state index contributed by atoms with van der Waals surface area (Å²) < 4.78 is 0.936. The van der Waals surface area contributed by atoms with Gasteiger partial charge in [0, 0.05) is 16.6 Å². The summed E-state index contributed by atoms with van der Waals surface area (Å²) in [5, 5.41) is 2.93. The Morgan fingerprint density at radius 1 is 1.40 bits per heavy atom. The third kappa shape index (κ3) is 4.58. The number of nitrogens with zero attached hydrogens (tertiary/aromatic N) is 1. The van der Waals surface area contributed by atoms with E-state index in [1.54, 1.807) is 6.20 Å². The maximum Gasteiger partial charge on any atom is 0.228 e. The number of pyridine rings is 1. The number of aromatic nitrogens is 1. The Bertz CT molecular complexity index is 442. The number of nitrogens with one attached hydrogen (secondary N) is 1. The molecule has 4 heteroatoms. The molecule has 1 aromatic rings. The van der Waals surface area contributed by atoms with E-state index in [2.05, 4.69) is 33.2 Å². The van der Waals surface area contributed by atoms with E-state index < -0.39 is 0 Å². The van der Waals surface area contributed by atoms with Crippen molar-refractivity contribution in [3.8, 4) is 0 Å². The van der Waals surface area contributed by atoms with Gasteiger partial charge in [-0.2, -0.15) is 0 Å². The van der Waals surface area contributed by atoms with Gasteiger partial charge in [-0.3, -0.25) is 4.79 Å². The largest absolute Gasteiger partial charge is 0.310 e. The van der Waals surface area contributed by atoms with Gasteiger partial charge in [0.05, 0.1) is 0 Å². The zero-order valence-corrected chi connectivity index (χ0v) is 13.7. The summed E-state index contributed by atoms with van der Waals surface area (Å²) in [5.41, 5.74) is 0. The van der Waals surface area contributed by atoms with Gasteiger partial charge < -0.3 is 5.32 Å². The van der Waals surface area contributed by atoms with Crippen molar-refractivity contribution in [3.05, 3.63) is 22.8 Å². The molecule has 0 aliphatic heterocycles. The highest BCUT2D eigenvalue weighted by atomic mass is 79.9. The monoisotopic (exact) mass is 338 g/mol. The summed E-state index contributed by atoms with van der Waals surface area (Å²) in [4.78, 5) is 16.4. The van der Waals surface area contributed by atoms with E-state index in [9.17, 15) is 4.79 Å². The molecule has 110 valence electrons. The minimum Gasteiger partial charge on any atom is -0.310 e. The Labute approximate surface area is 129 Å². The molecule has 1 aromatic heterocycles. The van der Waals surface area contributed by atoms with E-state index >= 15 is 0 Å². The van der Waals surface area contributed by atoms with Gasteiger partial charge in [-0.25, -0.2) is 4.98 Å². The molecule has 0 atom stereocenters. The second kappa shape index (κ2) is 7.77. The van der Waals surface area contributed by atoms with Crippen molar-refractivity contribution in [2.24, 2.45) is 11.8 Å². The van der Waals surface area contributed by atoms with Crippen molar-refractivity contribution in [2.75, 3.05) is 5.32 Å². The average Bonchev–Trinajstić information content (AvgIpc) is 2.45. The third-order valence-corrected chi connectivity index (χ3v) is 4.65. The minimum absolute atomic E-state index is 0.129. The lowest BCUT2D eigenvalue weighted by Gasteiger charge is -2.27. The fourth-order valence-corrected chi connectivity index (χ4v) is 3.24. The molecule has 1 heterocycles. The van der Waals surface area contributed by atoms with Crippen molar-refractivity contribution >= 4 is 27.7 Å². The van der Waals surface area contributed by atoms with Crippen LogP contribution >= 0.6 is 15.9 Å². The quantitative estimate of drug-likeness (QED) is 0.839. The Kier molecular flexibility index (Phi) is 6.02. The maximum atomic E-state index is 12.2. The number of carbonyl (C=O) groups excluding carboxylic acids is 1. The fraction of sp³-hybridized carbons (Fsp3) is 0.625. The summed E-state index contributed by atoms with van der Waals surface area (Å²) in [7, 11) is 0. The van der Waals surface area contributed by atoms with Crippen molar-refractivity contribution in [1.29, 1.82) is 0 Å². The molecule has 0 radical (unpaired) electrons. The summed E-state index contributed by atoms with van der Waals surface area (Å²) in [6, 6.07) is 3.69. The van der Waals surface area contributed by atoms with Gasteiger partial charge in [-0.15, -0.1) is 0 Å². The molecule has 0 saturated heterocycles. The summed E-state index contributed by atoms with van der Waals surface area (Å²) in [6.45, 7) is 2.24. The predicted molar refractivity (Wildman–Crippen MR) is 85.5 cm³/mol. The van der Waals surface area contributed by atoms with Gasteiger partial charge in [0.25, 0.3) is 0 Å². The van der Waals surface area contributed by atoms with E-state index in [1.807, 2.05) is 12.1 Å². The maximum absolute atomic E-state index is 12.2. The molecular formula is C16H23BrN2O. The highest BCUT2D eigenvalue weighted by molar-refractivity contribution is 9.10. The van der Waals surface area contributed by atoms with Crippen LogP contribution in [0.25, 0.3) is 0 Å². The molecule has 0 aromatic carbocycles. The Balaban J connectivity index is 1.80. The number of carbonyl (C=O) groups is 1. The first-order chi connectivity index (χ1) is 9.69. The van der Waals surface area contributed by atoms with Gasteiger partial charge in [0.2, 0.25) is 5.91 Å². The number of amides is 1. The Morgan fingerprint density at radius 3 is 2.80 bits per heavy atom. The van der Waals surface area contributed by atoms with Crippen LogP contribution in [-0.4, -0.2) is 10.9 Å². The van der Waals surface area contributed by atoms with Crippen LogP contribution in [0.15, 0.2) is 22.8 Å². The first kappa shape index (κ1) is 15.5. The van der Waals surface area contributed by atoms with Crippen LogP contribution in [0.1, 0.15) is 51.9 Å². The van der Waals surface area contributed by atoms with Gasteiger partial charge in [-0.05, 0) is 43.7 Å². The standard InChI is InChI=1S/C16H23BrN2O/c1-2-3-4-12-5-7-13(8-6-12)16(20)19-15-11-14(17)9-10-18-15/h9-13H,2-8H2,1H3,(H,18,19,20). The van der Waals surface area contributed by atoms with Crippen molar-refractivity contribution in [1.82, 2.24) is 4.98 Å². The van der Waals surface area contributed by atoms with Crippen LogP contribution in [0.2, 0.25) is 0 Å². The zero-order valence-electron chi connectivity index (χ0n) is 12.1. The molecule has 20 heavy (non-hydrogen) atoms. The van der Waals surface area contributed by atoms with E-state index in [-0.39, 0.29) is 11.8 Å². The van der Waals surface area contributed by atoms with Crippen LogP contribution in [0.5, 0.6) is 0 Å². The minimum atomic E-state index is 0.129. The lowest BCUT2D eigenvalue weighted by atomic mass is 9.79. The zero-order chi connectivity index (χ0) is 14.4. The highest BCUT2D eigenvalue weighted by Gasteiger charge is 2.26. The summed E-state index contributed by atoms with van der Waals surface area (Å²) >= 11 is 3.39. The average molecular weight is 339 g/mol.